The van der Waals surface area contributed by atoms with E-state index < -0.39 is 10.8 Å². The third-order valence-electron chi connectivity index (χ3n) is 4.16. The number of nitro groups is 1. The van der Waals surface area contributed by atoms with Crippen molar-refractivity contribution in [3.63, 3.8) is 0 Å². The number of hydrogen-bond donors (Lipinski definition) is 1. The highest BCUT2D eigenvalue weighted by Gasteiger charge is 2.22. The minimum atomic E-state index is -0.545. The lowest BCUT2D eigenvalue weighted by Crippen LogP contribution is -2.23. The Morgan fingerprint density at radius 1 is 1.23 bits per heavy atom. The highest BCUT2D eigenvalue weighted by atomic mass is 16.6. The van der Waals surface area contributed by atoms with Gasteiger partial charge < -0.3 is 15.0 Å². The molecule has 0 aromatic heterocycles. The lowest BCUT2D eigenvalue weighted by molar-refractivity contribution is -0.384. The summed E-state index contributed by atoms with van der Waals surface area (Å²) < 4.78 is 5.13. The van der Waals surface area contributed by atoms with Gasteiger partial charge in [-0.25, -0.2) is 0 Å². The normalized spacial score (nSPS) is 13.6. The molecule has 0 spiro atoms. The monoisotopic (exact) mass is 355 g/mol. The number of carbonyl (C=O) groups is 2. The fourth-order valence-electron chi connectivity index (χ4n) is 2.82. The van der Waals surface area contributed by atoms with Gasteiger partial charge in [-0.05, 0) is 36.8 Å². The quantitative estimate of drug-likeness (QED) is 0.656. The minimum absolute atomic E-state index is 0.0727. The molecule has 8 heteroatoms. The van der Waals surface area contributed by atoms with Crippen molar-refractivity contribution in [2.24, 2.45) is 0 Å². The number of nitrogens with one attached hydrogen (secondary N) is 1. The molecule has 0 aliphatic carbocycles. The summed E-state index contributed by atoms with van der Waals surface area (Å²) in [5.74, 6) is -0.0325. The number of nitro benzene ring substituents is 1. The maximum Gasteiger partial charge on any atom is 0.271 e. The minimum Gasteiger partial charge on any atom is -0.495 e. The molecule has 1 aliphatic heterocycles. The molecular formula is C18H17N3O5. The van der Waals surface area contributed by atoms with Gasteiger partial charge in [0.25, 0.3) is 11.6 Å². The van der Waals surface area contributed by atoms with Crippen LogP contribution >= 0.6 is 0 Å². The van der Waals surface area contributed by atoms with Crippen LogP contribution in [0.15, 0.2) is 42.5 Å². The van der Waals surface area contributed by atoms with Gasteiger partial charge in [-0.2, -0.15) is 0 Å². The van der Waals surface area contributed by atoms with Gasteiger partial charge in [0.05, 0.1) is 17.7 Å². The Kier molecular flexibility index (Phi) is 4.83. The summed E-state index contributed by atoms with van der Waals surface area (Å²) in [6.07, 6.45) is 1.36. The van der Waals surface area contributed by atoms with Crippen LogP contribution in [-0.4, -0.2) is 30.4 Å². The molecule has 1 heterocycles. The number of hydrogen-bond acceptors (Lipinski definition) is 5. The largest absolute Gasteiger partial charge is 0.495 e. The number of benzene rings is 2. The fourth-order valence-corrected chi connectivity index (χ4v) is 2.82. The summed E-state index contributed by atoms with van der Waals surface area (Å²) >= 11 is 0. The first-order valence-electron chi connectivity index (χ1n) is 8.04. The van der Waals surface area contributed by atoms with E-state index in [-0.39, 0.29) is 17.3 Å². The molecule has 2 amide bonds. The summed E-state index contributed by atoms with van der Waals surface area (Å²) in [5.41, 5.74) is 1.18. The highest BCUT2D eigenvalue weighted by molar-refractivity contribution is 6.05. The van der Waals surface area contributed by atoms with E-state index in [1.165, 1.54) is 25.3 Å². The number of non-ortho nitro benzene ring substituents is 1. The van der Waals surface area contributed by atoms with Crippen LogP contribution < -0.4 is 15.0 Å². The van der Waals surface area contributed by atoms with Crippen molar-refractivity contribution >= 4 is 28.9 Å². The summed E-state index contributed by atoms with van der Waals surface area (Å²) in [6.45, 7) is 0.676. The van der Waals surface area contributed by atoms with Crippen LogP contribution in [0.1, 0.15) is 23.2 Å². The Bertz CT molecular complexity index is 864. The van der Waals surface area contributed by atoms with Crippen LogP contribution in [0, 0.1) is 10.1 Å². The van der Waals surface area contributed by atoms with E-state index in [2.05, 4.69) is 5.32 Å². The van der Waals surface area contributed by atoms with Gasteiger partial charge >= 0.3 is 0 Å². The van der Waals surface area contributed by atoms with E-state index in [1.807, 2.05) is 0 Å². The maximum absolute atomic E-state index is 12.4. The van der Waals surface area contributed by atoms with E-state index in [9.17, 15) is 19.7 Å². The van der Waals surface area contributed by atoms with Gasteiger partial charge in [-0.1, -0.05) is 0 Å². The molecule has 1 saturated heterocycles. The molecule has 134 valence electrons. The average molecular weight is 355 g/mol. The SMILES string of the molecule is COc1ccc([N+](=O)[O-])cc1NC(=O)c1ccc(N2CCCC2=O)cc1. The number of ether oxygens (including phenoxy) is 1. The third-order valence-corrected chi connectivity index (χ3v) is 4.16. The molecule has 0 bridgehead atoms. The van der Waals surface area contributed by atoms with Crippen molar-refractivity contribution in [3.05, 3.63) is 58.1 Å². The molecule has 2 aromatic carbocycles. The Hall–Kier alpha value is -3.42. The van der Waals surface area contributed by atoms with Crippen LogP contribution in [0.4, 0.5) is 17.1 Å². The zero-order valence-corrected chi connectivity index (χ0v) is 14.1. The van der Waals surface area contributed by atoms with E-state index in [0.717, 1.165) is 12.1 Å². The number of methoxy groups -OCH3 is 1. The molecule has 1 aliphatic rings. The second-order valence-electron chi connectivity index (χ2n) is 5.79. The molecule has 0 radical (unpaired) electrons. The third kappa shape index (κ3) is 3.49. The van der Waals surface area contributed by atoms with Crippen molar-refractivity contribution in [2.45, 2.75) is 12.8 Å². The smallest absolute Gasteiger partial charge is 0.271 e. The lowest BCUT2D eigenvalue weighted by Gasteiger charge is -2.16. The Morgan fingerprint density at radius 2 is 1.96 bits per heavy atom. The number of nitrogens with zero attached hydrogens (tertiary/aromatic N) is 2. The lowest BCUT2D eigenvalue weighted by atomic mass is 10.1. The second kappa shape index (κ2) is 7.22. The first-order chi connectivity index (χ1) is 12.5. The Balaban J connectivity index is 1.79. The Morgan fingerprint density at radius 3 is 2.54 bits per heavy atom. The molecule has 0 saturated carbocycles. The predicted octanol–water partition coefficient (Wildman–Crippen LogP) is 2.98. The molecule has 0 unspecified atom stereocenters. The van der Waals surface area contributed by atoms with Crippen LogP contribution in [0.5, 0.6) is 5.75 Å². The van der Waals surface area contributed by atoms with Crippen molar-refractivity contribution < 1.29 is 19.2 Å². The fraction of sp³-hybridized carbons (Fsp3) is 0.222. The number of amides is 2. The van der Waals surface area contributed by atoms with E-state index in [4.69, 9.17) is 4.74 Å². The van der Waals surface area contributed by atoms with E-state index >= 15 is 0 Å². The zero-order chi connectivity index (χ0) is 18.7. The predicted molar refractivity (Wildman–Crippen MR) is 95.6 cm³/mol. The molecule has 3 rings (SSSR count). The first-order valence-corrected chi connectivity index (χ1v) is 8.04. The standard InChI is InChI=1S/C18H17N3O5/c1-26-16-9-8-14(21(24)25)11-15(16)19-18(23)12-4-6-13(7-5-12)20-10-2-3-17(20)22/h4-9,11H,2-3,10H2,1H3,(H,19,23). The van der Waals surface area contributed by atoms with Crippen LogP contribution in [0.2, 0.25) is 0 Å². The van der Waals surface area contributed by atoms with E-state index in [0.29, 0.717) is 24.3 Å². The summed E-state index contributed by atoms with van der Waals surface area (Å²) in [4.78, 5) is 36.3. The number of carbonyl (C=O) groups excluding carboxylic acids is 2. The van der Waals surface area contributed by atoms with Gasteiger partial charge in [0, 0.05) is 36.3 Å². The van der Waals surface area contributed by atoms with Gasteiger partial charge in [-0.3, -0.25) is 19.7 Å². The molecule has 0 atom stereocenters. The summed E-state index contributed by atoms with van der Waals surface area (Å²) in [5, 5.41) is 13.5. The number of anilines is 2. The van der Waals surface area contributed by atoms with Gasteiger partial charge in [0.15, 0.2) is 0 Å². The molecule has 8 nitrogen and oxygen atoms in total. The molecule has 26 heavy (non-hydrogen) atoms. The van der Waals surface area contributed by atoms with Crippen molar-refractivity contribution in [1.29, 1.82) is 0 Å². The molecular weight excluding hydrogens is 338 g/mol. The van der Waals surface area contributed by atoms with E-state index in [1.54, 1.807) is 29.2 Å². The maximum atomic E-state index is 12.4. The summed E-state index contributed by atoms with van der Waals surface area (Å²) in [7, 11) is 1.42. The Labute approximate surface area is 149 Å². The molecule has 1 N–H and O–H groups in total. The van der Waals surface area contributed by atoms with Gasteiger partial charge in [0.1, 0.15) is 5.75 Å². The highest BCUT2D eigenvalue weighted by Crippen LogP contribution is 2.29. The van der Waals surface area contributed by atoms with Crippen molar-refractivity contribution in [3.8, 4) is 5.75 Å². The summed E-state index contributed by atoms with van der Waals surface area (Å²) in [6, 6.07) is 10.6. The number of rotatable bonds is 5. The van der Waals surface area contributed by atoms with Crippen LogP contribution in [-0.2, 0) is 4.79 Å². The van der Waals surface area contributed by atoms with Crippen molar-refractivity contribution in [2.75, 3.05) is 23.9 Å². The van der Waals surface area contributed by atoms with Crippen molar-refractivity contribution in [1.82, 2.24) is 0 Å². The molecule has 1 fully saturated rings. The van der Waals surface area contributed by atoms with Gasteiger partial charge in [-0.15, -0.1) is 0 Å². The molecule has 2 aromatic rings. The van der Waals surface area contributed by atoms with Gasteiger partial charge in [0.2, 0.25) is 5.91 Å². The second-order valence-corrected chi connectivity index (χ2v) is 5.79. The first kappa shape index (κ1) is 17.4. The zero-order valence-electron chi connectivity index (χ0n) is 14.1. The average Bonchev–Trinajstić information content (AvgIpc) is 3.07. The topological polar surface area (TPSA) is 102 Å². The van der Waals surface area contributed by atoms with Crippen LogP contribution in [0.25, 0.3) is 0 Å². The van der Waals surface area contributed by atoms with Crippen LogP contribution in [0.3, 0.4) is 0 Å².